The molecule has 0 atom stereocenters. The Morgan fingerprint density at radius 1 is 0.919 bits per heavy atom. The maximum atomic E-state index is 12.6. The van der Waals surface area contributed by atoms with Gasteiger partial charge >= 0.3 is 0 Å². The molecule has 0 unspecified atom stereocenters. The zero-order valence-electron chi connectivity index (χ0n) is 20.0. The molecule has 4 rings (SSSR count). The van der Waals surface area contributed by atoms with Crippen molar-refractivity contribution >= 4 is 50.9 Å². The molecule has 3 aromatic rings. The first kappa shape index (κ1) is 27.0. The smallest absolute Gasteiger partial charge is 0.261 e. The van der Waals surface area contributed by atoms with Crippen molar-refractivity contribution in [3.8, 4) is 5.75 Å². The van der Waals surface area contributed by atoms with Crippen LogP contribution < -0.4 is 9.46 Å². The van der Waals surface area contributed by atoms with Crippen LogP contribution >= 0.6 is 23.2 Å². The SMILES string of the molecule is O=C(COc1ccc(S(=O)(=O)Nc2ccc(Cl)c(Cl)c2)cc1)N1CCN(C/C=C/c2ccccc2)CC1. The van der Waals surface area contributed by atoms with Gasteiger partial charge in [0.2, 0.25) is 0 Å². The molecule has 1 N–H and O–H groups in total. The summed E-state index contributed by atoms with van der Waals surface area (Å²) in [5.74, 6) is 0.309. The zero-order chi connectivity index (χ0) is 26.3. The van der Waals surface area contributed by atoms with Crippen molar-refractivity contribution in [3.63, 3.8) is 0 Å². The van der Waals surface area contributed by atoms with Crippen LogP contribution in [-0.4, -0.2) is 63.5 Å². The van der Waals surface area contributed by atoms with Crippen LogP contribution in [0.4, 0.5) is 5.69 Å². The normalized spacial score (nSPS) is 14.6. The quantitative estimate of drug-likeness (QED) is 0.397. The molecule has 0 aromatic heterocycles. The highest BCUT2D eigenvalue weighted by atomic mass is 35.5. The largest absolute Gasteiger partial charge is 0.484 e. The third-order valence-electron chi connectivity index (χ3n) is 5.87. The first-order valence-corrected chi connectivity index (χ1v) is 14.0. The Morgan fingerprint density at radius 2 is 1.62 bits per heavy atom. The average molecular weight is 561 g/mol. The lowest BCUT2D eigenvalue weighted by Gasteiger charge is -2.34. The molecule has 1 aliphatic rings. The molecular weight excluding hydrogens is 533 g/mol. The van der Waals surface area contributed by atoms with Gasteiger partial charge in [0.05, 0.1) is 20.6 Å². The molecule has 1 saturated heterocycles. The van der Waals surface area contributed by atoms with Crippen LogP contribution in [0.15, 0.2) is 83.8 Å². The molecule has 1 aliphatic heterocycles. The van der Waals surface area contributed by atoms with Crippen molar-refractivity contribution in [2.75, 3.05) is 44.1 Å². The number of ether oxygens (including phenoxy) is 1. The van der Waals surface area contributed by atoms with E-state index in [4.69, 9.17) is 27.9 Å². The molecule has 0 bridgehead atoms. The summed E-state index contributed by atoms with van der Waals surface area (Å²) >= 11 is 11.8. The molecule has 7 nitrogen and oxygen atoms in total. The number of carbonyl (C=O) groups excluding carboxylic acids is 1. The minimum absolute atomic E-state index is 0.0506. The van der Waals surface area contributed by atoms with Gasteiger partial charge in [-0.15, -0.1) is 0 Å². The zero-order valence-corrected chi connectivity index (χ0v) is 22.3. The summed E-state index contributed by atoms with van der Waals surface area (Å²) in [6.07, 6.45) is 4.24. The number of hydrogen-bond donors (Lipinski definition) is 1. The fourth-order valence-corrected chi connectivity index (χ4v) is 5.15. The summed E-state index contributed by atoms with van der Waals surface area (Å²) in [7, 11) is -3.83. The van der Waals surface area contributed by atoms with Crippen LogP contribution in [0.5, 0.6) is 5.75 Å². The van der Waals surface area contributed by atoms with E-state index in [0.29, 0.717) is 29.5 Å². The number of halogens is 2. The fraction of sp³-hybridized carbons (Fsp3) is 0.222. The monoisotopic (exact) mass is 559 g/mol. The van der Waals surface area contributed by atoms with Crippen LogP contribution in [-0.2, 0) is 14.8 Å². The average Bonchev–Trinajstić information content (AvgIpc) is 2.90. The van der Waals surface area contributed by atoms with Crippen LogP contribution in [0.3, 0.4) is 0 Å². The number of rotatable bonds is 9. The molecule has 1 amide bonds. The van der Waals surface area contributed by atoms with Gasteiger partial charge in [0.25, 0.3) is 15.9 Å². The predicted molar refractivity (Wildman–Crippen MR) is 148 cm³/mol. The van der Waals surface area contributed by atoms with Crippen LogP contribution in [0, 0.1) is 0 Å². The minimum Gasteiger partial charge on any atom is -0.484 e. The fourth-order valence-electron chi connectivity index (χ4n) is 3.81. The Labute approximate surface area is 227 Å². The van der Waals surface area contributed by atoms with E-state index in [9.17, 15) is 13.2 Å². The highest BCUT2D eigenvalue weighted by Crippen LogP contribution is 2.27. The molecule has 0 aliphatic carbocycles. The molecule has 37 heavy (non-hydrogen) atoms. The van der Waals surface area contributed by atoms with Crippen molar-refractivity contribution in [2.24, 2.45) is 0 Å². The number of amides is 1. The van der Waals surface area contributed by atoms with E-state index >= 15 is 0 Å². The van der Waals surface area contributed by atoms with E-state index in [0.717, 1.165) is 19.6 Å². The predicted octanol–water partition coefficient (Wildman–Crippen LogP) is 5.03. The van der Waals surface area contributed by atoms with E-state index in [1.165, 1.54) is 48.0 Å². The lowest BCUT2D eigenvalue weighted by molar-refractivity contribution is -0.135. The molecule has 10 heteroatoms. The number of nitrogens with one attached hydrogen (secondary N) is 1. The third kappa shape index (κ3) is 7.72. The molecule has 0 spiro atoms. The summed E-state index contributed by atoms with van der Waals surface area (Å²) in [5, 5.41) is 0.579. The summed E-state index contributed by atoms with van der Waals surface area (Å²) in [5.41, 5.74) is 1.47. The number of carbonyl (C=O) groups is 1. The van der Waals surface area contributed by atoms with Crippen molar-refractivity contribution < 1.29 is 17.9 Å². The maximum absolute atomic E-state index is 12.6. The van der Waals surface area contributed by atoms with E-state index in [1.54, 1.807) is 4.90 Å². The Bertz CT molecular complexity index is 1340. The van der Waals surface area contributed by atoms with Gasteiger partial charge in [0, 0.05) is 32.7 Å². The number of nitrogens with zero attached hydrogens (tertiary/aromatic N) is 2. The number of piperazine rings is 1. The van der Waals surface area contributed by atoms with E-state index in [1.807, 2.05) is 18.2 Å². The van der Waals surface area contributed by atoms with Gasteiger partial charge in [-0.3, -0.25) is 14.4 Å². The first-order chi connectivity index (χ1) is 17.8. The van der Waals surface area contributed by atoms with E-state index in [2.05, 4.69) is 33.9 Å². The van der Waals surface area contributed by atoms with Gasteiger partial charge in [-0.1, -0.05) is 65.7 Å². The molecule has 1 heterocycles. The van der Waals surface area contributed by atoms with Crippen molar-refractivity contribution in [1.82, 2.24) is 9.80 Å². The van der Waals surface area contributed by atoms with E-state index in [-0.39, 0.29) is 22.4 Å². The molecule has 0 saturated carbocycles. The van der Waals surface area contributed by atoms with Crippen molar-refractivity contribution in [1.29, 1.82) is 0 Å². The summed E-state index contributed by atoms with van der Waals surface area (Å²) in [4.78, 5) is 16.7. The molecule has 0 radical (unpaired) electrons. The second-order valence-corrected chi connectivity index (χ2v) is 11.0. The Balaban J connectivity index is 1.22. The molecule has 194 valence electrons. The Morgan fingerprint density at radius 3 is 2.30 bits per heavy atom. The number of hydrogen-bond acceptors (Lipinski definition) is 5. The molecule has 1 fully saturated rings. The number of benzene rings is 3. The highest BCUT2D eigenvalue weighted by molar-refractivity contribution is 7.92. The summed E-state index contributed by atoms with van der Waals surface area (Å²) < 4.78 is 33.4. The first-order valence-electron chi connectivity index (χ1n) is 11.7. The second-order valence-electron chi connectivity index (χ2n) is 8.49. The summed E-state index contributed by atoms with van der Waals surface area (Å²) in [6, 6.07) is 20.5. The van der Waals surface area contributed by atoms with Crippen molar-refractivity contribution in [2.45, 2.75) is 4.90 Å². The lowest BCUT2D eigenvalue weighted by atomic mass is 10.2. The molecule has 3 aromatic carbocycles. The van der Waals surface area contributed by atoms with Gasteiger partial charge in [0.1, 0.15) is 5.75 Å². The van der Waals surface area contributed by atoms with Gasteiger partial charge in [-0.05, 0) is 48.0 Å². The topological polar surface area (TPSA) is 78.9 Å². The number of anilines is 1. The Kier molecular flexibility index (Phi) is 9.10. The van der Waals surface area contributed by atoms with Gasteiger partial charge in [0.15, 0.2) is 6.61 Å². The highest BCUT2D eigenvalue weighted by Gasteiger charge is 2.21. The van der Waals surface area contributed by atoms with Crippen LogP contribution in [0.1, 0.15) is 5.56 Å². The van der Waals surface area contributed by atoms with Crippen LogP contribution in [0.25, 0.3) is 6.08 Å². The Hall–Kier alpha value is -3.04. The standard InChI is InChI=1S/C27H27Cl2N3O4S/c28-25-13-8-22(19-26(25)29)30-37(34,35)24-11-9-23(10-12-24)36-20-27(33)32-17-15-31(16-18-32)14-4-7-21-5-2-1-3-6-21/h1-13,19,30H,14-18,20H2/b7-4+. The summed E-state index contributed by atoms with van der Waals surface area (Å²) in [6.45, 7) is 3.59. The van der Waals surface area contributed by atoms with Gasteiger partial charge < -0.3 is 9.64 Å². The minimum atomic E-state index is -3.83. The van der Waals surface area contributed by atoms with Gasteiger partial charge in [-0.2, -0.15) is 0 Å². The van der Waals surface area contributed by atoms with Crippen LogP contribution in [0.2, 0.25) is 10.0 Å². The maximum Gasteiger partial charge on any atom is 0.261 e. The molecular formula is C27H27Cl2N3O4S. The third-order valence-corrected chi connectivity index (χ3v) is 8.00. The van der Waals surface area contributed by atoms with Crippen molar-refractivity contribution in [3.05, 3.63) is 94.5 Å². The lowest BCUT2D eigenvalue weighted by Crippen LogP contribution is -2.49. The second kappa shape index (κ2) is 12.5. The number of sulfonamides is 1. The van der Waals surface area contributed by atoms with E-state index < -0.39 is 10.0 Å². The van der Waals surface area contributed by atoms with Gasteiger partial charge in [-0.25, -0.2) is 8.42 Å².